The minimum atomic E-state index is -0.361. The molecule has 3 heteroatoms. The van der Waals surface area contributed by atoms with Gasteiger partial charge in [-0.25, -0.2) is 0 Å². The van der Waals surface area contributed by atoms with Crippen LogP contribution in [-0.4, -0.2) is 12.5 Å². The number of benzene rings is 2. The number of amides is 1. The molecule has 0 unspecified atom stereocenters. The second kappa shape index (κ2) is 5.60. The number of ether oxygens (including phenoxy) is 1. The summed E-state index contributed by atoms with van der Waals surface area (Å²) in [6, 6.07) is 17.6. The van der Waals surface area contributed by atoms with Crippen molar-refractivity contribution in [3.05, 3.63) is 60.2 Å². The van der Waals surface area contributed by atoms with E-state index in [-0.39, 0.29) is 11.3 Å². The van der Waals surface area contributed by atoms with Crippen molar-refractivity contribution in [1.29, 1.82) is 0 Å². The molecule has 21 heavy (non-hydrogen) atoms. The molecule has 0 aromatic heterocycles. The lowest BCUT2D eigenvalue weighted by Crippen LogP contribution is -2.28. The van der Waals surface area contributed by atoms with Crippen molar-refractivity contribution in [2.75, 3.05) is 11.9 Å². The number of carbonyl (C=O) groups is 1. The molecule has 108 valence electrons. The third-order valence-electron chi connectivity index (χ3n) is 3.95. The van der Waals surface area contributed by atoms with Crippen LogP contribution < -0.4 is 10.1 Å². The Balaban J connectivity index is 1.81. The average molecular weight is 281 g/mol. The minimum Gasteiger partial charge on any atom is -0.492 e. The van der Waals surface area contributed by atoms with Gasteiger partial charge in [-0.2, -0.15) is 0 Å². The van der Waals surface area contributed by atoms with E-state index in [4.69, 9.17) is 4.74 Å². The Bertz CT molecular complexity index is 633. The molecule has 0 radical (unpaired) electrons. The summed E-state index contributed by atoms with van der Waals surface area (Å²) >= 11 is 0. The molecule has 2 aromatic carbocycles. The van der Waals surface area contributed by atoms with Gasteiger partial charge in [-0.05, 0) is 37.5 Å². The molecular formula is C18H19NO2. The van der Waals surface area contributed by atoms with E-state index in [1.165, 1.54) is 0 Å². The van der Waals surface area contributed by atoms with Crippen molar-refractivity contribution in [1.82, 2.24) is 0 Å². The first kappa shape index (κ1) is 13.7. The molecule has 2 aromatic rings. The van der Waals surface area contributed by atoms with E-state index in [0.717, 1.165) is 29.8 Å². The lowest BCUT2D eigenvalue weighted by molar-refractivity contribution is -0.118. The van der Waals surface area contributed by atoms with Crippen LogP contribution in [0.15, 0.2) is 54.6 Å². The van der Waals surface area contributed by atoms with Crippen LogP contribution >= 0.6 is 0 Å². The van der Waals surface area contributed by atoms with Crippen molar-refractivity contribution < 1.29 is 9.53 Å². The van der Waals surface area contributed by atoms with Crippen molar-refractivity contribution in [2.24, 2.45) is 0 Å². The summed E-state index contributed by atoms with van der Waals surface area (Å²) in [7, 11) is 0. The largest absolute Gasteiger partial charge is 0.492 e. The Morgan fingerprint density at radius 2 is 1.76 bits per heavy atom. The number of carbonyl (C=O) groups excluding carboxylic acids is 1. The molecule has 0 bridgehead atoms. The van der Waals surface area contributed by atoms with Gasteiger partial charge in [-0.3, -0.25) is 4.79 Å². The molecule has 0 saturated heterocycles. The van der Waals surface area contributed by atoms with Gasteiger partial charge in [0, 0.05) is 0 Å². The van der Waals surface area contributed by atoms with Crippen molar-refractivity contribution in [3.63, 3.8) is 0 Å². The predicted octanol–water partition coefficient (Wildman–Crippen LogP) is 3.76. The zero-order valence-electron chi connectivity index (χ0n) is 12.1. The van der Waals surface area contributed by atoms with Crippen molar-refractivity contribution >= 4 is 11.6 Å². The van der Waals surface area contributed by atoms with Gasteiger partial charge in [-0.1, -0.05) is 42.5 Å². The van der Waals surface area contributed by atoms with Crippen LogP contribution in [0.3, 0.4) is 0 Å². The summed E-state index contributed by atoms with van der Waals surface area (Å²) in [5.41, 5.74) is 1.48. The van der Waals surface area contributed by atoms with Gasteiger partial charge in [0.15, 0.2) is 0 Å². The van der Waals surface area contributed by atoms with E-state index in [0.29, 0.717) is 6.61 Å². The summed E-state index contributed by atoms with van der Waals surface area (Å²) in [6.45, 7) is 2.52. The molecular weight excluding hydrogens is 262 g/mol. The number of anilines is 1. The Morgan fingerprint density at radius 3 is 2.43 bits per heavy atom. The van der Waals surface area contributed by atoms with Crippen LogP contribution in [0.4, 0.5) is 5.69 Å². The zero-order valence-corrected chi connectivity index (χ0v) is 12.1. The highest BCUT2D eigenvalue weighted by atomic mass is 16.5. The lowest BCUT2D eigenvalue weighted by Gasteiger charge is -2.17. The van der Waals surface area contributed by atoms with Crippen LogP contribution in [0, 0.1) is 0 Å². The quantitative estimate of drug-likeness (QED) is 0.906. The Labute approximate surface area is 124 Å². The SMILES string of the molecule is CCOc1ccccc1NC(=O)C1(c2ccccc2)CC1. The summed E-state index contributed by atoms with van der Waals surface area (Å²) in [5, 5.41) is 3.03. The Kier molecular flexibility index (Phi) is 3.65. The van der Waals surface area contributed by atoms with E-state index >= 15 is 0 Å². The van der Waals surface area contributed by atoms with Crippen LogP contribution in [0.2, 0.25) is 0 Å². The number of para-hydroxylation sites is 2. The van der Waals surface area contributed by atoms with E-state index in [1.807, 2.05) is 61.5 Å². The summed E-state index contributed by atoms with van der Waals surface area (Å²) in [5.74, 6) is 0.776. The van der Waals surface area contributed by atoms with E-state index in [1.54, 1.807) is 0 Å². The molecule has 1 aliphatic carbocycles. The first-order valence-corrected chi connectivity index (χ1v) is 7.35. The van der Waals surface area contributed by atoms with Crippen LogP contribution in [0.25, 0.3) is 0 Å². The van der Waals surface area contributed by atoms with E-state index in [2.05, 4.69) is 5.32 Å². The van der Waals surface area contributed by atoms with Gasteiger partial charge in [0.25, 0.3) is 0 Å². The van der Waals surface area contributed by atoms with Gasteiger partial charge in [0.1, 0.15) is 5.75 Å². The standard InChI is InChI=1S/C18H19NO2/c1-2-21-16-11-7-6-10-15(16)19-17(20)18(12-13-18)14-8-4-3-5-9-14/h3-11H,2,12-13H2,1H3,(H,19,20). The normalized spacial score (nSPS) is 15.3. The van der Waals surface area contributed by atoms with Crippen LogP contribution in [-0.2, 0) is 10.2 Å². The number of hydrogen-bond donors (Lipinski definition) is 1. The maximum absolute atomic E-state index is 12.7. The molecule has 0 atom stereocenters. The fraction of sp³-hybridized carbons (Fsp3) is 0.278. The third-order valence-corrected chi connectivity index (χ3v) is 3.95. The Hall–Kier alpha value is -2.29. The lowest BCUT2D eigenvalue weighted by atomic mass is 9.95. The maximum Gasteiger partial charge on any atom is 0.235 e. The zero-order chi connectivity index (χ0) is 14.7. The fourth-order valence-electron chi connectivity index (χ4n) is 2.62. The maximum atomic E-state index is 12.7. The number of nitrogens with one attached hydrogen (secondary N) is 1. The minimum absolute atomic E-state index is 0.0563. The number of rotatable bonds is 5. The molecule has 1 saturated carbocycles. The van der Waals surface area contributed by atoms with E-state index < -0.39 is 0 Å². The summed E-state index contributed by atoms with van der Waals surface area (Å²) in [4.78, 5) is 12.7. The fourth-order valence-corrected chi connectivity index (χ4v) is 2.62. The van der Waals surface area contributed by atoms with Gasteiger partial charge >= 0.3 is 0 Å². The predicted molar refractivity (Wildman–Crippen MR) is 83.6 cm³/mol. The molecule has 1 N–H and O–H groups in total. The van der Waals surface area contributed by atoms with Crippen LogP contribution in [0.1, 0.15) is 25.3 Å². The molecule has 0 heterocycles. The molecule has 1 amide bonds. The molecule has 3 rings (SSSR count). The second-order valence-corrected chi connectivity index (χ2v) is 5.33. The van der Waals surface area contributed by atoms with Gasteiger partial charge in [-0.15, -0.1) is 0 Å². The summed E-state index contributed by atoms with van der Waals surface area (Å²) < 4.78 is 5.56. The van der Waals surface area contributed by atoms with Crippen molar-refractivity contribution in [3.8, 4) is 5.75 Å². The summed E-state index contributed by atoms with van der Waals surface area (Å²) in [6.07, 6.45) is 1.80. The third kappa shape index (κ3) is 2.64. The first-order chi connectivity index (χ1) is 10.3. The highest BCUT2D eigenvalue weighted by Gasteiger charge is 2.51. The monoisotopic (exact) mass is 281 g/mol. The highest BCUT2D eigenvalue weighted by molar-refractivity contribution is 6.02. The highest BCUT2D eigenvalue weighted by Crippen LogP contribution is 2.49. The topological polar surface area (TPSA) is 38.3 Å². The van der Waals surface area contributed by atoms with Gasteiger partial charge < -0.3 is 10.1 Å². The van der Waals surface area contributed by atoms with Gasteiger partial charge in [0.05, 0.1) is 17.7 Å². The number of hydrogen-bond acceptors (Lipinski definition) is 2. The first-order valence-electron chi connectivity index (χ1n) is 7.35. The second-order valence-electron chi connectivity index (χ2n) is 5.33. The van der Waals surface area contributed by atoms with Gasteiger partial charge in [0.2, 0.25) is 5.91 Å². The smallest absolute Gasteiger partial charge is 0.235 e. The Morgan fingerprint density at radius 1 is 1.10 bits per heavy atom. The molecule has 0 aliphatic heterocycles. The molecule has 0 spiro atoms. The van der Waals surface area contributed by atoms with Crippen molar-refractivity contribution in [2.45, 2.75) is 25.2 Å². The average Bonchev–Trinajstić information content (AvgIpc) is 3.32. The van der Waals surface area contributed by atoms with E-state index in [9.17, 15) is 4.79 Å². The molecule has 1 fully saturated rings. The van der Waals surface area contributed by atoms with Crippen LogP contribution in [0.5, 0.6) is 5.75 Å². The molecule has 3 nitrogen and oxygen atoms in total. The molecule has 1 aliphatic rings.